The minimum atomic E-state index is -0.758. The van der Waals surface area contributed by atoms with Crippen LogP contribution in [0.25, 0.3) is 11.0 Å². The smallest absolute Gasteiger partial charge is 0.314 e. The fraction of sp³-hybridized carbons (Fsp3) is 0. The highest BCUT2D eigenvalue weighted by Gasteiger charge is 2.02. The van der Waals surface area contributed by atoms with E-state index in [9.17, 15) is 14.4 Å². The number of nitrogens with one attached hydrogen (secondary N) is 2. The van der Waals surface area contributed by atoms with Crippen LogP contribution in [0.2, 0.25) is 0 Å². The molecule has 2 N–H and O–H groups in total. The van der Waals surface area contributed by atoms with Crippen LogP contribution in [-0.4, -0.2) is 16.3 Å². The number of rotatable bonds is 1. The normalized spacial score (nSPS) is 10.3. The van der Waals surface area contributed by atoms with Crippen LogP contribution in [0.4, 0.5) is 0 Å². The van der Waals surface area contributed by atoms with Crippen molar-refractivity contribution < 1.29 is 4.79 Å². The van der Waals surface area contributed by atoms with Gasteiger partial charge in [-0.3, -0.25) is 14.4 Å². The van der Waals surface area contributed by atoms with Crippen LogP contribution >= 0.6 is 0 Å². The minimum absolute atomic E-state index is 0.343. The first kappa shape index (κ1) is 8.43. The Labute approximate surface area is 77.4 Å². The number of hydrogen-bond acceptors (Lipinski definition) is 3. The van der Waals surface area contributed by atoms with Gasteiger partial charge in [0.2, 0.25) is 0 Å². The molecule has 1 aromatic carbocycles. The van der Waals surface area contributed by atoms with Gasteiger partial charge in [-0.2, -0.15) is 0 Å². The van der Waals surface area contributed by atoms with Crippen molar-refractivity contribution >= 4 is 17.3 Å². The van der Waals surface area contributed by atoms with E-state index in [2.05, 4.69) is 9.97 Å². The van der Waals surface area contributed by atoms with Crippen LogP contribution in [0.1, 0.15) is 10.4 Å². The second-order valence-electron chi connectivity index (χ2n) is 2.80. The highest BCUT2D eigenvalue weighted by molar-refractivity contribution is 5.93. The predicted molar refractivity (Wildman–Crippen MR) is 50.6 cm³/mol. The number of benzene rings is 1. The minimum Gasteiger partial charge on any atom is -0.316 e. The Morgan fingerprint density at radius 1 is 1.07 bits per heavy atom. The maximum atomic E-state index is 11.0. The Morgan fingerprint density at radius 3 is 2.50 bits per heavy atom. The fourth-order valence-electron chi connectivity index (χ4n) is 1.26. The van der Waals surface area contributed by atoms with Gasteiger partial charge in [0.25, 0.3) is 0 Å². The summed E-state index contributed by atoms with van der Waals surface area (Å²) in [5.74, 6) is 0. The van der Waals surface area contributed by atoms with Crippen molar-refractivity contribution in [1.29, 1.82) is 0 Å². The number of carbonyl (C=O) groups is 1. The van der Waals surface area contributed by atoms with Gasteiger partial charge in [0, 0.05) is 5.56 Å². The number of aldehydes is 1. The molecule has 0 fully saturated rings. The first-order chi connectivity index (χ1) is 6.72. The zero-order valence-electron chi connectivity index (χ0n) is 7.03. The Bertz CT molecular complexity index is 609. The van der Waals surface area contributed by atoms with Crippen LogP contribution in [0.15, 0.2) is 27.8 Å². The number of H-pyrrole nitrogens is 2. The van der Waals surface area contributed by atoms with Gasteiger partial charge in [-0.1, -0.05) is 6.07 Å². The van der Waals surface area contributed by atoms with E-state index in [1.165, 1.54) is 0 Å². The summed E-state index contributed by atoms with van der Waals surface area (Å²) in [6.07, 6.45) is 0.622. The van der Waals surface area contributed by atoms with E-state index in [1.54, 1.807) is 18.2 Å². The molecule has 0 atom stereocenters. The molecule has 2 aromatic rings. The first-order valence-electron chi connectivity index (χ1n) is 3.93. The van der Waals surface area contributed by atoms with E-state index in [0.29, 0.717) is 22.9 Å². The number of para-hydroxylation sites is 1. The van der Waals surface area contributed by atoms with E-state index < -0.39 is 11.1 Å². The molecule has 0 aliphatic carbocycles. The Morgan fingerprint density at radius 2 is 1.79 bits per heavy atom. The molecule has 70 valence electrons. The van der Waals surface area contributed by atoms with Crippen LogP contribution in [0, 0.1) is 0 Å². The van der Waals surface area contributed by atoms with Crippen molar-refractivity contribution in [3.05, 3.63) is 44.5 Å². The molecule has 0 radical (unpaired) electrons. The molecule has 1 aromatic heterocycles. The summed E-state index contributed by atoms with van der Waals surface area (Å²) in [6.45, 7) is 0. The van der Waals surface area contributed by atoms with Crippen molar-refractivity contribution in [1.82, 2.24) is 9.97 Å². The lowest BCUT2D eigenvalue weighted by Crippen LogP contribution is -2.29. The Hall–Kier alpha value is -2.17. The third-order valence-corrected chi connectivity index (χ3v) is 1.92. The molecule has 1 heterocycles. The number of aromatic nitrogens is 2. The molecule has 5 nitrogen and oxygen atoms in total. The molecule has 0 bridgehead atoms. The SMILES string of the molecule is O=Cc1cccc2[nH]c(=O)c(=O)[nH]c12. The van der Waals surface area contributed by atoms with Gasteiger partial charge in [0.05, 0.1) is 11.0 Å². The lowest BCUT2D eigenvalue weighted by Gasteiger charge is -1.98. The van der Waals surface area contributed by atoms with Gasteiger partial charge >= 0.3 is 11.1 Å². The summed E-state index contributed by atoms with van der Waals surface area (Å²) in [5.41, 5.74) is -0.338. The number of hydrogen-bond donors (Lipinski definition) is 2. The molecule has 2 rings (SSSR count). The number of fused-ring (bicyclic) bond motifs is 1. The third kappa shape index (κ3) is 1.15. The summed E-state index contributed by atoms with van der Waals surface area (Å²) in [4.78, 5) is 37.3. The molecule has 14 heavy (non-hydrogen) atoms. The molecule has 0 unspecified atom stereocenters. The van der Waals surface area contributed by atoms with E-state index in [1.807, 2.05) is 0 Å². The standard InChI is InChI=1S/C9H6N2O3/c12-4-5-2-1-3-6-7(5)11-9(14)8(13)10-6/h1-4H,(H,10,13)(H,11,14). The lowest BCUT2D eigenvalue weighted by atomic mass is 10.2. The van der Waals surface area contributed by atoms with Crippen molar-refractivity contribution in [2.75, 3.05) is 0 Å². The van der Waals surface area contributed by atoms with Crippen LogP contribution in [0.3, 0.4) is 0 Å². The summed E-state index contributed by atoms with van der Waals surface area (Å²) >= 11 is 0. The first-order valence-corrected chi connectivity index (χ1v) is 3.93. The van der Waals surface area contributed by atoms with Crippen LogP contribution in [0.5, 0.6) is 0 Å². The third-order valence-electron chi connectivity index (χ3n) is 1.92. The predicted octanol–water partition coefficient (Wildman–Crippen LogP) is 0.0289. The maximum absolute atomic E-state index is 11.0. The van der Waals surface area contributed by atoms with E-state index in [0.717, 1.165) is 0 Å². The molecular formula is C9H6N2O3. The second kappa shape index (κ2) is 2.95. The molecule has 0 aliphatic rings. The zero-order valence-corrected chi connectivity index (χ0v) is 7.03. The van der Waals surface area contributed by atoms with Crippen molar-refractivity contribution in [3.63, 3.8) is 0 Å². The molecule has 0 saturated carbocycles. The molecule has 0 aliphatic heterocycles. The monoisotopic (exact) mass is 190 g/mol. The summed E-state index contributed by atoms with van der Waals surface area (Å²) in [7, 11) is 0. The van der Waals surface area contributed by atoms with Gasteiger partial charge in [-0.25, -0.2) is 0 Å². The van der Waals surface area contributed by atoms with E-state index in [-0.39, 0.29) is 0 Å². The summed E-state index contributed by atoms with van der Waals surface area (Å²) in [5, 5.41) is 0. The van der Waals surface area contributed by atoms with E-state index >= 15 is 0 Å². The lowest BCUT2D eigenvalue weighted by molar-refractivity contribution is 0.112. The molecule has 0 spiro atoms. The van der Waals surface area contributed by atoms with Crippen LogP contribution < -0.4 is 11.1 Å². The average molecular weight is 190 g/mol. The second-order valence-corrected chi connectivity index (χ2v) is 2.80. The van der Waals surface area contributed by atoms with Crippen LogP contribution in [-0.2, 0) is 0 Å². The zero-order chi connectivity index (χ0) is 10.1. The Kier molecular flexibility index (Phi) is 1.78. The molecule has 5 heteroatoms. The van der Waals surface area contributed by atoms with Gasteiger partial charge in [-0.15, -0.1) is 0 Å². The maximum Gasteiger partial charge on any atom is 0.314 e. The molecule has 0 saturated heterocycles. The van der Waals surface area contributed by atoms with Crippen molar-refractivity contribution in [2.45, 2.75) is 0 Å². The number of carbonyl (C=O) groups excluding carboxylic acids is 1. The quantitative estimate of drug-likeness (QED) is 0.491. The van der Waals surface area contributed by atoms with Crippen molar-refractivity contribution in [3.8, 4) is 0 Å². The highest BCUT2D eigenvalue weighted by atomic mass is 16.2. The average Bonchev–Trinajstić information content (AvgIpc) is 2.19. The largest absolute Gasteiger partial charge is 0.316 e. The molecule has 0 amide bonds. The fourth-order valence-corrected chi connectivity index (χ4v) is 1.26. The van der Waals surface area contributed by atoms with Gasteiger partial charge in [-0.05, 0) is 12.1 Å². The van der Waals surface area contributed by atoms with Gasteiger partial charge < -0.3 is 9.97 Å². The van der Waals surface area contributed by atoms with Gasteiger partial charge in [0.1, 0.15) is 0 Å². The summed E-state index contributed by atoms with van der Waals surface area (Å²) < 4.78 is 0. The topological polar surface area (TPSA) is 82.8 Å². The van der Waals surface area contributed by atoms with E-state index in [4.69, 9.17) is 0 Å². The van der Waals surface area contributed by atoms with Crippen molar-refractivity contribution in [2.24, 2.45) is 0 Å². The highest BCUT2D eigenvalue weighted by Crippen LogP contribution is 2.08. The van der Waals surface area contributed by atoms with Gasteiger partial charge in [0.15, 0.2) is 6.29 Å². The number of aromatic amines is 2. The Balaban J connectivity index is 3.03. The molecular weight excluding hydrogens is 184 g/mol. The summed E-state index contributed by atoms with van der Waals surface area (Å²) in [6, 6.07) is 4.80.